The maximum Gasteiger partial charge on any atom is 0.375 e. The Morgan fingerprint density at radius 2 is 2.00 bits per heavy atom. The number of hydrogen-bond donors (Lipinski definition) is 1. The third kappa shape index (κ3) is 3.05. The zero-order valence-electron chi connectivity index (χ0n) is 15.2. The van der Waals surface area contributed by atoms with Crippen LogP contribution in [0.25, 0.3) is 11.0 Å². The van der Waals surface area contributed by atoms with Crippen LogP contribution in [0.4, 0.5) is 5.69 Å². The normalized spacial score (nSPS) is 15.4. The number of fused-ring (bicyclic) bond motifs is 2. The van der Waals surface area contributed by atoms with Gasteiger partial charge in [0.2, 0.25) is 11.7 Å². The lowest BCUT2D eigenvalue weighted by atomic mass is 9.99. The van der Waals surface area contributed by atoms with Crippen LogP contribution < -0.4 is 5.32 Å². The number of carbonyl (C=O) groups excluding carboxylic acids is 3. The quantitative estimate of drug-likeness (QED) is 0.517. The highest BCUT2D eigenvalue weighted by atomic mass is 35.5. The van der Waals surface area contributed by atoms with E-state index < -0.39 is 12.6 Å². The Kier molecular flexibility index (Phi) is 4.43. The average molecular weight is 398 g/mol. The van der Waals surface area contributed by atoms with Gasteiger partial charge in [-0.25, -0.2) is 4.79 Å². The Balaban J connectivity index is 1.49. The van der Waals surface area contributed by atoms with E-state index >= 15 is 0 Å². The molecule has 6 nitrogen and oxygen atoms in total. The number of aryl methyl sites for hydroxylation is 1. The molecule has 1 amide bonds. The summed E-state index contributed by atoms with van der Waals surface area (Å²) in [6, 6.07) is 9.98. The summed E-state index contributed by atoms with van der Waals surface area (Å²) in [6.45, 7) is 3.07. The van der Waals surface area contributed by atoms with E-state index in [0.29, 0.717) is 27.4 Å². The molecule has 142 valence electrons. The van der Waals surface area contributed by atoms with E-state index in [1.807, 2.05) is 0 Å². The number of hydrogen-bond acceptors (Lipinski definition) is 5. The minimum absolute atomic E-state index is 0.0439. The second kappa shape index (κ2) is 6.80. The van der Waals surface area contributed by atoms with Crippen molar-refractivity contribution in [2.75, 3.05) is 11.9 Å². The number of esters is 1. The summed E-state index contributed by atoms with van der Waals surface area (Å²) in [5.74, 6) is -1.46. The summed E-state index contributed by atoms with van der Waals surface area (Å²) >= 11 is 5.98. The van der Waals surface area contributed by atoms with Gasteiger partial charge in [-0.15, -0.1) is 0 Å². The summed E-state index contributed by atoms with van der Waals surface area (Å²) in [7, 11) is 0. The lowest BCUT2D eigenvalue weighted by Crippen LogP contribution is -2.14. The van der Waals surface area contributed by atoms with Gasteiger partial charge in [-0.2, -0.15) is 0 Å². The van der Waals surface area contributed by atoms with Crippen molar-refractivity contribution < 1.29 is 23.5 Å². The molecule has 1 N–H and O–H groups in total. The third-order valence-electron chi connectivity index (χ3n) is 4.91. The van der Waals surface area contributed by atoms with Crippen molar-refractivity contribution in [1.82, 2.24) is 0 Å². The SMILES string of the molecule is Cc1c(C(=O)OCC(=O)c2ccc3c(c2)[C@H](C)C(=O)N3)oc2ccc(Cl)cc12. The zero-order valence-corrected chi connectivity index (χ0v) is 15.9. The fourth-order valence-corrected chi connectivity index (χ4v) is 3.43. The molecule has 4 rings (SSSR count). The molecule has 0 radical (unpaired) electrons. The van der Waals surface area contributed by atoms with Gasteiger partial charge in [-0.3, -0.25) is 9.59 Å². The maximum atomic E-state index is 12.4. The molecule has 0 fully saturated rings. The summed E-state index contributed by atoms with van der Waals surface area (Å²) in [5, 5.41) is 4.00. The van der Waals surface area contributed by atoms with Crippen molar-refractivity contribution in [3.63, 3.8) is 0 Å². The van der Waals surface area contributed by atoms with Crippen molar-refractivity contribution in [2.24, 2.45) is 0 Å². The van der Waals surface area contributed by atoms with E-state index in [1.165, 1.54) is 0 Å². The van der Waals surface area contributed by atoms with Crippen LogP contribution in [-0.4, -0.2) is 24.3 Å². The number of halogens is 1. The second-order valence-electron chi connectivity index (χ2n) is 6.71. The Hall–Kier alpha value is -3.12. The number of nitrogens with one attached hydrogen (secondary N) is 1. The van der Waals surface area contributed by atoms with Gasteiger partial charge in [0.25, 0.3) is 0 Å². The molecule has 0 saturated carbocycles. The number of carbonyl (C=O) groups is 3. The molecule has 1 aromatic heterocycles. The van der Waals surface area contributed by atoms with E-state index in [1.54, 1.807) is 50.2 Å². The number of ether oxygens (including phenoxy) is 1. The van der Waals surface area contributed by atoms with Crippen molar-refractivity contribution in [2.45, 2.75) is 19.8 Å². The fourth-order valence-electron chi connectivity index (χ4n) is 3.26. The number of furan rings is 1. The highest BCUT2D eigenvalue weighted by Crippen LogP contribution is 2.33. The van der Waals surface area contributed by atoms with Crippen molar-refractivity contribution >= 4 is 45.9 Å². The minimum Gasteiger partial charge on any atom is -0.451 e. The molecule has 0 spiro atoms. The van der Waals surface area contributed by atoms with Gasteiger partial charge in [-0.05, 0) is 55.8 Å². The first-order valence-electron chi connectivity index (χ1n) is 8.69. The summed E-state index contributed by atoms with van der Waals surface area (Å²) in [5.41, 5.74) is 2.95. The highest BCUT2D eigenvalue weighted by molar-refractivity contribution is 6.31. The Morgan fingerprint density at radius 1 is 1.21 bits per heavy atom. The zero-order chi connectivity index (χ0) is 20.0. The van der Waals surface area contributed by atoms with Crippen LogP contribution in [0.15, 0.2) is 40.8 Å². The number of rotatable bonds is 4. The van der Waals surface area contributed by atoms with Gasteiger partial charge in [0.05, 0.1) is 5.92 Å². The molecule has 3 aromatic rings. The number of benzene rings is 2. The van der Waals surface area contributed by atoms with Crippen molar-refractivity contribution in [3.05, 3.63) is 63.9 Å². The molecule has 1 aliphatic rings. The standard InChI is InChI=1S/C21H16ClNO5/c1-10-15-8-13(22)4-6-18(15)28-19(10)21(26)27-9-17(24)12-3-5-16-14(7-12)11(2)20(25)23-16/h3-8,11H,9H2,1-2H3,(H,23,25)/t11-/m0/s1. The Bertz CT molecular complexity index is 1150. The third-order valence-corrected chi connectivity index (χ3v) is 5.14. The number of ketones is 1. The van der Waals surface area contributed by atoms with Crippen LogP contribution >= 0.6 is 11.6 Å². The largest absolute Gasteiger partial charge is 0.451 e. The highest BCUT2D eigenvalue weighted by Gasteiger charge is 2.27. The van der Waals surface area contributed by atoms with Gasteiger partial charge in [-0.1, -0.05) is 11.6 Å². The van der Waals surface area contributed by atoms with E-state index in [-0.39, 0.29) is 23.4 Å². The average Bonchev–Trinajstić information content (AvgIpc) is 3.16. The van der Waals surface area contributed by atoms with Crippen LogP contribution in [0.5, 0.6) is 0 Å². The molecule has 1 aliphatic heterocycles. The van der Waals surface area contributed by atoms with Crippen LogP contribution in [-0.2, 0) is 9.53 Å². The smallest absolute Gasteiger partial charge is 0.375 e. The lowest BCUT2D eigenvalue weighted by Gasteiger charge is -2.06. The van der Waals surface area contributed by atoms with Gasteiger partial charge in [0.1, 0.15) is 5.58 Å². The second-order valence-corrected chi connectivity index (χ2v) is 7.15. The van der Waals surface area contributed by atoms with Crippen LogP contribution in [0.3, 0.4) is 0 Å². The monoisotopic (exact) mass is 397 g/mol. The molecule has 2 aromatic carbocycles. The maximum absolute atomic E-state index is 12.4. The first kappa shape index (κ1) is 18.3. The summed E-state index contributed by atoms with van der Waals surface area (Å²) in [4.78, 5) is 36.5. The van der Waals surface area contributed by atoms with Crippen LogP contribution in [0.2, 0.25) is 5.02 Å². The van der Waals surface area contributed by atoms with Crippen molar-refractivity contribution in [3.8, 4) is 0 Å². The van der Waals surface area contributed by atoms with Crippen LogP contribution in [0.1, 0.15) is 44.9 Å². The summed E-state index contributed by atoms with van der Waals surface area (Å²) < 4.78 is 10.7. The molecule has 0 bridgehead atoms. The van der Waals surface area contributed by atoms with E-state index in [2.05, 4.69) is 5.32 Å². The first-order chi connectivity index (χ1) is 13.3. The molecule has 7 heteroatoms. The predicted molar refractivity (Wildman–Crippen MR) is 104 cm³/mol. The van der Waals surface area contributed by atoms with Gasteiger partial charge < -0.3 is 14.5 Å². The van der Waals surface area contributed by atoms with Crippen LogP contribution in [0, 0.1) is 6.92 Å². The van der Waals surface area contributed by atoms with Gasteiger partial charge >= 0.3 is 5.97 Å². The lowest BCUT2D eigenvalue weighted by molar-refractivity contribution is -0.116. The van der Waals surface area contributed by atoms with E-state index in [9.17, 15) is 14.4 Å². The molecule has 28 heavy (non-hydrogen) atoms. The van der Waals surface area contributed by atoms with Gasteiger partial charge in [0, 0.05) is 27.2 Å². The topological polar surface area (TPSA) is 85.6 Å². The molecule has 1 atom stereocenters. The fraction of sp³-hybridized carbons (Fsp3) is 0.190. The number of Topliss-reactive ketones (excluding diaryl/α,β-unsaturated/α-hetero) is 1. The minimum atomic E-state index is -0.718. The Morgan fingerprint density at radius 3 is 2.79 bits per heavy atom. The molecular weight excluding hydrogens is 382 g/mol. The van der Waals surface area contributed by atoms with E-state index in [0.717, 1.165) is 10.9 Å². The van der Waals surface area contributed by atoms with Gasteiger partial charge in [0.15, 0.2) is 12.4 Å². The predicted octanol–water partition coefficient (Wildman–Crippen LogP) is 4.49. The molecular formula is C21H16ClNO5. The molecule has 0 saturated heterocycles. The molecule has 2 heterocycles. The van der Waals surface area contributed by atoms with E-state index in [4.69, 9.17) is 20.8 Å². The van der Waals surface area contributed by atoms with Crippen molar-refractivity contribution in [1.29, 1.82) is 0 Å². The molecule has 0 unspecified atom stereocenters. The first-order valence-corrected chi connectivity index (χ1v) is 9.06. The molecule has 0 aliphatic carbocycles. The summed E-state index contributed by atoms with van der Waals surface area (Å²) in [6.07, 6.45) is 0. The number of amides is 1. The number of anilines is 1. The Labute approximate surface area is 165 Å².